The van der Waals surface area contributed by atoms with E-state index in [1.165, 1.54) is 26.2 Å². The molecule has 2 unspecified atom stereocenters. The number of hydrogen-bond acceptors (Lipinski definition) is 3. The Labute approximate surface area is 134 Å². The summed E-state index contributed by atoms with van der Waals surface area (Å²) in [6.07, 6.45) is 4.64. The molecule has 8 heteroatoms. The van der Waals surface area contributed by atoms with E-state index in [0.717, 1.165) is 13.3 Å². The van der Waals surface area contributed by atoms with Crippen molar-refractivity contribution in [1.82, 2.24) is 0 Å². The van der Waals surface area contributed by atoms with E-state index in [1.807, 2.05) is 0 Å². The Morgan fingerprint density at radius 2 is 1.95 bits per heavy atom. The first-order valence-electron chi connectivity index (χ1n) is 6.37. The molecular weight excluding hydrogens is 464 g/mol. The smallest absolute Gasteiger partial charge is 0.778 e. The molecule has 0 saturated heterocycles. The van der Waals surface area contributed by atoms with Crippen LogP contribution in [0.25, 0.3) is 5.73 Å². The minimum Gasteiger partial charge on any atom is -0.778 e. The molecule has 122 valence electrons. The van der Waals surface area contributed by atoms with Gasteiger partial charge in [0, 0.05) is 0 Å². The third kappa shape index (κ3) is 6.36. The summed E-state index contributed by atoms with van der Waals surface area (Å²) in [4.78, 5) is 29.4. The molecule has 1 saturated carbocycles. The monoisotopic (exact) mass is 487 g/mol. The molecular formula is C12H23NO5PPt-. The summed E-state index contributed by atoms with van der Waals surface area (Å²) in [5.74, 6) is -1.11. The maximum atomic E-state index is 10.5. The molecule has 0 aromatic heterocycles. The fourth-order valence-electron chi connectivity index (χ4n) is 1.68. The molecule has 1 aliphatic rings. The van der Waals surface area contributed by atoms with Gasteiger partial charge in [0.2, 0.25) is 0 Å². The van der Waals surface area contributed by atoms with Crippen molar-refractivity contribution < 1.29 is 45.3 Å². The second-order valence-electron chi connectivity index (χ2n) is 5.10. The molecule has 0 spiro atoms. The van der Waals surface area contributed by atoms with Crippen molar-refractivity contribution in [3.63, 3.8) is 0 Å². The van der Waals surface area contributed by atoms with Gasteiger partial charge in [0.15, 0.2) is 0 Å². The van der Waals surface area contributed by atoms with Crippen molar-refractivity contribution in [2.45, 2.75) is 57.1 Å². The molecule has 1 aliphatic carbocycles. The average molecular weight is 487 g/mol. The third-order valence-corrected chi connectivity index (χ3v) is 5.44. The SMILES string of the molecule is CCC(C)(C(=O)O)P(=O)([O-])O.[CH2-][C@H]1CCCC[C@@H]1[NH-].[Pt+2]. The predicted octanol–water partition coefficient (Wildman–Crippen LogP) is 2.21. The maximum Gasteiger partial charge on any atom is 2.00 e. The zero-order valence-electron chi connectivity index (χ0n) is 11.8. The van der Waals surface area contributed by atoms with Crippen LogP contribution in [0.15, 0.2) is 0 Å². The number of carboxylic acids is 1. The molecule has 20 heavy (non-hydrogen) atoms. The van der Waals surface area contributed by atoms with Gasteiger partial charge in [0.05, 0.1) is 0 Å². The fourth-order valence-corrected chi connectivity index (χ4v) is 2.32. The van der Waals surface area contributed by atoms with E-state index in [0.29, 0.717) is 5.92 Å². The van der Waals surface area contributed by atoms with Crippen LogP contribution < -0.4 is 4.89 Å². The molecule has 0 bridgehead atoms. The summed E-state index contributed by atoms with van der Waals surface area (Å²) in [5.41, 5.74) is 7.42. The zero-order chi connectivity index (χ0) is 15.3. The Kier molecular flexibility index (Phi) is 10.5. The summed E-state index contributed by atoms with van der Waals surface area (Å²) < 4.78 is 10.5. The predicted molar refractivity (Wildman–Crippen MR) is 71.6 cm³/mol. The summed E-state index contributed by atoms with van der Waals surface area (Å²) in [5, 5.41) is 6.39. The van der Waals surface area contributed by atoms with Crippen LogP contribution in [0.4, 0.5) is 0 Å². The normalized spacial score (nSPS) is 27.9. The maximum absolute atomic E-state index is 10.5. The third-order valence-electron chi connectivity index (χ3n) is 3.68. The second-order valence-corrected chi connectivity index (χ2v) is 7.13. The van der Waals surface area contributed by atoms with Crippen molar-refractivity contribution in [3.8, 4) is 0 Å². The van der Waals surface area contributed by atoms with E-state index >= 15 is 0 Å². The molecule has 0 aliphatic heterocycles. The number of carbonyl (C=O) groups is 1. The van der Waals surface area contributed by atoms with Crippen molar-refractivity contribution in [3.05, 3.63) is 12.7 Å². The first-order chi connectivity index (χ1) is 8.56. The molecule has 3 N–H and O–H groups in total. The average Bonchev–Trinajstić information content (AvgIpc) is 2.31. The first-order valence-corrected chi connectivity index (χ1v) is 7.95. The zero-order valence-corrected chi connectivity index (χ0v) is 14.9. The van der Waals surface area contributed by atoms with Gasteiger partial charge in [-0.3, -0.25) is 4.79 Å². The Morgan fingerprint density at radius 1 is 1.50 bits per heavy atom. The van der Waals surface area contributed by atoms with Crippen LogP contribution in [0.1, 0.15) is 46.0 Å². The Balaban J connectivity index is 0. The van der Waals surface area contributed by atoms with E-state index in [4.69, 9.17) is 15.7 Å². The Hall–Kier alpha value is 0.268. The molecule has 4 atom stereocenters. The Morgan fingerprint density at radius 3 is 2.10 bits per heavy atom. The van der Waals surface area contributed by atoms with Crippen LogP contribution in [0, 0.1) is 12.8 Å². The van der Waals surface area contributed by atoms with E-state index < -0.39 is 18.7 Å². The number of hydrogen-bond donors (Lipinski definition) is 2. The minimum absolute atomic E-state index is 0. The molecule has 1 rings (SSSR count). The van der Waals surface area contributed by atoms with Gasteiger partial charge in [-0.25, -0.2) is 0 Å². The van der Waals surface area contributed by atoms with Gasteiger partial charge in [-0.15, -0.1) is 0 Å². The van der Waals surface area contributed by atoms with Crippen LogP contribution in [0.3, 0.4) is 0 Å². The molecule has 0 amide bonds. The molecule has 0 radical (unpaired) electrons. The van der Waals surface area contributed by atoms with Crippen LogP contribution in [0.5, 0.6) is 0 Å². The van der Waals surface area contributed by atoms with Gasteiger partial charge >= 0.3 is 27.0 Å². The van der Waals surface area contributed by atoms with Gasteiger partial charge in [0.1, 0.15) is 12.8 Å². The van der Waals surface area contributed by atoms with Gasteiger partial charge < -0.3 is 32.1 Å². The topological polar surface area (TPSA) is 121 Å². The summed E-state index contributed by atoms with van der Waals surface area (Å²) in [6, 6.07) is 0.142. The standard InChI is InChI=1S/C7H13N.C5H11O5P.Pt/c1-6-4-2-3-5-7(6)8;1-3-5(2,4(6)7)11(8,9)10;/h6-8H,1-5H2;3H2,1-2H3,(H,6,7)(H2,8,9,10);/q-2;;+2/p-1/t6-,7-;;/m0../s1. The van der Waals surface area contributed by atoms with Crippen LogP contribution in [-0.2, 0) is 30.4 Å². The van der Waals surface area contributed by atoms with Crippen LogP contribution in [-0.4, -0.2) is 27.2 Å². The number of aliphatic carboxylic acids is 1. The van der Waals surface area contributed by atoms with Gasteiger partial charge in [0.25, 0.3) is 0 Å². The van der Waals surface area contributed by atoms with Crippen molar-refractivity contribution in [2.24, 2.45) is 5.92 Å². The van der Waals surface area contributed by atoms with E-state index in [9.17, 15) is 14.3 Å². The molecule has 0 heterocycles. The fraction of sp³-hybridized carbons (Fsp3) is 0.833. The molecule has 1 fully saturated rings. The number of carboxylic acid groups (broad SMARTS) is 1. The largest absolute Gasteiger partial charge is 2.00 e. The summed E-state index contributed by atoms with van der Waals surface area (Å²) >= 11 is 0. The molecule has 0 aromatic carbocycles. The van der Waals surface area contributed by atoms with Crippen molar-refractivity contribution >= 4 is 13.6 Å². The quantitative estimate of drug-likeness (QED) is 0.467. The molecule has 6 nitrogen and oxygen atoms in total. The Bertz CT molecular complexity index is 339. The number of nitrogens with one attached hydrogen (secondary N) is 1. The van der Waals surface area contributed by atoms with E-state index in [2.05, 4.69) is 6.92 Å². The van der Waals surface area contributed by atoms with E-state index in [-0.39, 0.29) is 33.5 Å². The van der Waals surface area contributed by atoms with Crippen LogP contribution >= 0.6 is 7.60 Å². The van der Waals surface area contributed by atoms with Gasteiger partial charge in [-0.2, -0.15) is 12.0 Å². The minimum atomic E-state index is -4.79. The first kappa shape index (κ1) is 22.5. The summed E-state index contributed by atoms with van der Waals surface area (Å²) in [7, 11) is -4.79. The molecule has 0 aromatic rings. The van der Waals surface area contributed by atoms with Crippen molar-refractivity contribution in [2.75, 3.05) is 0 Å². The van der Waals surface area contributed by atoms with E-state index in [1.54, 1.807) is 0 Å². The van der Waals surface area contributed by atoms with Gasteiger partial charge in [-0.1, -0.05) is 32.6 Å². The van der Waals surface area contributed by atoms with Crippen LogP contribution in [0.2, 0.25) is 0 Å². The number of rotatable bonds is 3. The second kappa shape index (κ2) is 9.32. The summed E-state index contributed by atoms with van der Waals surface area (Å²) in [6.45, 7) is 6.25. The van der Waals surface area contributed by atoms with Crippen molar-refractivity contribution in [1.29, 1.82) is 0 Å². The van der Waals surface area contributed by atoms with Gasteiger partial charge in [-0.05, 0) is 13.3 Å².